The number of aryl methyl sites for hydroxylation is 1. The van der Waals surface area contributed by atoms with Gasteiger partial charge in [-0.3, -0.25) is 14.2 Å². The second-order valence-corrected chi connectivity index (χ2v) is 8.29. The van der Waals surface area contributed by atoms with E-state index in [0.29, 0.717) is 25.1 Å². The third-order valence-electron chi connectivity index (χ3n) is 5.32. The van der Waals surface area contributed by atoms with E-state index in [1.807, 2.05) is 31.2 Å². The van der Waals surface area contributed by atoms with Crippen LogP contribution < -0.4 is 20.7 Å². The summed E-state index contributed by atoms with van der Waals surface area (Å²) in [5, 5.41) is 4.00. The van der Waals surface area contributed by atoms with E-state index in [1.165, 1.54) is 11.6 Å². The lowest BCUT2D eigenvalue weighted by atomic mass is 10.1. The van der Waals surface area contributed by atoms with Crippen molar-refractivity contribution in [2.24, 2.45) is 7.05 Å². The van der Waals surface area contributed by atoms with Crippen LogP contribution in [-0.2, 0) is 29.5 Å². The van der Waals surface area contributed by atoms with Gasteiger partial charge in [-0.05, 0) is 31.0 Å². The number of hydrogen-bond acceptors (Lipinski definition) is 7. The minimum atomic E-state index is -0.486. The Hall–Kier alpha value is -3.10. The zero-order valence-corrected chi connectivity index (χ0v) is 20.7. The maximum absolute atomic E-state index is 12.7. The van der Waals surface area contributed by atoms with Gasteiger partial charge in [0, 0.05) is 26.4 Å². The van der Waals surface area contributed by atoms with Gasteiger partial charge in [-0.2, -0.15) is 0 Å². The van der Waals surface area contributed by atoms with Crippen LogP contribution in [0.1, 0.15) is 64.9 Å². The van der Waals surface area contributed by atoms with E-state index in [1.54, 1.807) is 6.92 Å². The summed E-state index contributed by atoms with van der Waals surface area (Å²) in [7, 11) is 1.52. The highest BCUT2D eigenvalue weighted by Crippen LogP contribution is 2.15. The van der Waals surface area contributed by atoms with Gasteiger partial charge >= 0.3 is 17.2 Å². The van der Waals surface area contributed by atoms with Crippen molar-refractivity contribution < 1.29 is 19.0 Å². The Kier molecular flexibility index (Phi) is 11.4. The van der Waals surface area contributed by atoms with Gasteiger partial charge in [0.2, 0.25) is 0 Å². The number of hydrogen-bond donors (Lipinski definition) is 0. The van der Waals surface area contributed by atoms with Crippen molar-refractivity contribution >= 4 is 5.97 Å². The van der Waals surface area contributed by atoms with Crippen molar-refractivity contribution in [3.63, 3.8) is 0 Å². The fourth-order valence-electron chi connectivity index (χ4n) is 3.34. The smallest absolute Gasteiger partial charge is 0.347 e. The summed E-state index contributed by atoms with van der Waals surface area (Å²) in [6.07, 6.45) is 5.77. The van der Waals surface area contributed by atoms with Crippen LogP contribution in [-0.4, -0.2) is 39.6 Å². The fourth-order valence-corrected chi connectivity index (χ4v) is 3.34. The lowest BCUT2D eigenvalue weighted by molar-refractivity contribution is -0.145. The summed E-state index contributed by atoms with van der Waals surface area (Å²) in [6, 6.07) is 7.49. The van der Waals surface area contributed by atoms with Gasteiger partial charge in [0.05, 0.1) is 6.61 Å². The Labute approximate surface area is 200 Å². The highest BCUT2D eigenvalue weighted by Gasteiger charge is 2.13. The van der Waals surface area contributed by atoms with Crippen LogP contribution in [0.5, 0.6) is 11.6 Å². The number of unbranched alkanes of at least 4 members (excludes halogenated alkanes) is 4. The van der Waals surface area contributed by atoms with Crippen LogP contribution >= 0.6 is 0 Å². The van der Waals surface area contributed by atoms with Gasteiger partial charge in [0.15, 0.2) is 0 Å². The zero-order chi connectivity index (χ0) is 24.9. The van der Waals surface area contributed by atoms with Crippen molar-refractivity contribution in [2.45, 2.75) is 78.4 Å². The standard InChI is InChI=1S/C25H37N3O6/c1-5-7-8-9-10-16-28-24(30)23(26-27(4)25(28)31)32-17-15-20-11-13-21(14-12-20)34-19(3)18-33-22(29)6-2/h11-14,19H,5-10,15-18H2,1-4H3. The number of carbonyl (C=O) groups excluding carboxylic acids is 1. The van der Waals surface area contributed by atoms with Crippen LogP contribution in [0, 0.1) is 0 Å². The maximum Gasteiger partial charge on any atom is 0.347 e. The zero-order valence-electron chi connectivity index (χ0n) is 20.7. The highest BCUT2D eigenvalue weighted by molar-refractivity contribution is 5.68. The largest absolute Gasteiger partial charge is 0.487 e. The van der Waals surface area contributed by atoms with Gasteiger partial charge < -0.3 is 14.2 Å². The summed E-state index contributed by atoms with van der Waals surface area (Å²) >= 11 is 0. The third-order valence-corrected chi connectivity index (χ3v) is 5.32. The summed E-state index contributed by atoms with van der Waals surface area (Å²) in [4.78, 5) is 36.2. The number of aromatic nitrogens is 3. The number of ether oxygens (including phenoxy) is 3. The molecule has 0 amide bonds. The van der Waals surface area contributed by atoms with Gasteiger partial charge in [0.1, 0.15) is 18.5 Å². The van der Waals surface area contributed by atoms with Crippen LogP contribution in [0.25, 0.3) is 0 Å². The Morgan fingerprint density at radius 2 is 1.76 bits per heavy atom. The number of nitrogens with zero attached hydrogens (tertiary/aromatic N) is 3. The molecule has 1 heterocycles. The molecule has 1 unspecified atom stereocenters. The average molecular weight is 476 g/mol. The molecule has 188 valence electrons. The molecular formula is C25H37N3O6. The van der Waals surface area contributed by atoms with Crippen molar-refractivity contribution in [1.82, 2.24) is 14.3 Å². The number of esters is 1. The van der Waals surface area contributed by atoms with Crippen LogP contribution in [0.15, 0.2) is 33.9 Å². The monoisotopic (exact) mass is 475 g/mol. The van der Waals surface area contributed by atoms with Gasteiger partial charge in [0.25, 0.3) is 5.88 Å². The van der Waals surface area contributed by atoms with Crippen LogP contribution in [0.4, 0.5) is 0 Å². The van der Waals surface area contributed by atoms with E-state index in [9.17, 15) is 14.4 Å². The van der Waals surface area contributed by atoms with Crippen molar-refractivity contribution in [3.05, 3.63) is 50.7 Å². The lowest BCUT2D eigenvalue weighted by Gasteiger charge is -2.15. The predicted octanol–water partition coefficient (Wildman–Crippen LogP) is 3.25. The summed E-state index contributed by atoms with van der Waals surface area (Å²) in [5.41, 5.74) is 0.0840. The molecule has 1 aromatic carbocycles. The predicted molar refractivity (Wildman–Crippen MR) is 129 cm³/mol. The molecule has 2 rings (SSSR count). The molecule has 2 aromatic rings. The Morgan fingerprint density at radius 3 is 2.44 bits per heavy atom. The van der Waals surface area contributed by atoms with Crippen LogP contribution in [0.2, 0.25) is 0 Å². The molecule has 0 fully saturated rings. The van der Waals surface area contributed by atoms with Crippen LogP contribution in [0.3, 0.4) is 0 Å². The first kappa shape index (κ1) is 27.1. The van der Waals surface area contributed by atoms with E-state index < -0.39 is 11.2 Å². The molecule has 0 saturated heterocycles. The first-order valence-corrected chi connectivity index (χ1v) is 12.1. The SMILES string of the molecule is CCCCCCCn1c(=O)c(OCCc2ccc(OC(C)COC(=O)CC)cc2)nn(C)c1=O. The minimum absolute atomic E-state index is 0.0638. The molecule has 0 radical (unpaired) electrons. The van der Waals surface area contributed by atoms with E-state index in [2.05, 4.69) is 12.0 Å². The molecule has 0 bridgehead atoms. The molecule has 0 spiro atoms. The molecular weight excluding hydrogens is 438 g/mol. The number of carbonyl (C=O) groups is 1. The summed E-state index contributed by atoms with van der Waals surface area (Å²) in [6.45, 7) is 6.54. The Morgan fingerprint density at radius 1 is 1.06 bits per heavy atom. The Balaban J connectivity index is 1.88. The molecule has 9 heteroatoms. The summed E-state index contributed by atoms with van der Waals surface area (Å²) in [5.74, 6) is 0.356. The maximum atomic E-state index is 12.7. The van der Waals surface area contributed by atoms with E-state index in [4.69, 9.17) is 14.2 Å². The normalized spacial score (nSPS) is 11.8. The first-order valence-electron chi connectivity index (χ1n) is 12.1. The molecule has 0 N–H and O–H groups in total. The van der Waals surface area contributed by atoms with E-state index in [0.717, 1.165) is 42.3 Å². The Bertz CT molecular complexity index is 1010. The fraction of sp³-hybridized carbons (Fsp3) is 0.600. The molecule has 0 aliphatic heterocycles. The third kappa shape index (κ3) is 8.68. The topological polar surface area (TPSA) is 102 Å². The molecule has 0 saturated carbocycles. The van der Waals surface area contributed by atoms with E-state index >= 15 is 0 Å². The molecule has 1 aromatic heterocycles. The summed E-state index contributed by atoms with van der Waals surface area (Å²) < 4.78 is 18.8. The van der Waals surface area contributed by atoms with Crippen molar-refractivity contribution in [3.8, 4) is 11.6 Å². The lowest BCUT2D eigenvalue weighted by Crippen LogP contribution is -2.41. The van der Waals surface area contributed by atoms with Gasteiger partial charge in [-0.25, -0.2) is 9.48 Å². The second kappa shape index (κ2) is 14.2. The second-order valence-electron chi connectivity index (χ2n) is 8.29. The molecule has 0 aliphatic rings. The number of rotatable bonds is 15. The average Bonchev–Trinajstić information content (AvgIpc) is 2.83. The quantitative estimate of drug-likeness (QED) is 0.288. The molecule has 34 heavy (non-hydrogen) atoms. The molecule has 0 aliphatic carbocycles. The van der Waals surface area contributed by atoms with Crippen molar-refractivity contribution in [1.29, 1.82) is 0 Å². The first-order chi connectivity index (χ1) is 16.3. The van der Waals surface area contributed by atoms with E-state index in [-0.39, 0.29) is 31.2 Å². The molecule has 9 nitrogen and oxygen atoms in total. The van der Waals surface area contributed by atoms with Gasteiger partial charge in [-0.1, -0.05) is 51.7 Å². The number of benzene rings is 1. The van der Waals surface area contributed by atoms with Gasteiger partial charge in [-0.15, -0.1) is 5.10 Å². The molecule has 1 atom stereocenters. The minimum Gasteiger partial charge on any atom is -0.487 e. The van der Waals surface area contributed by atoms with Crippen molar-refractivity contribution in [2.75, 3.05) is 13.2 Å². The highest BCUT2D eigenvalue weighted by atomic mass is 16.6.